The number of carboxylic acid groups (broad SMARTS) is 1. The number of nitrogens with one attached hydrogen (secondary N) is 1. The normalized spacial score (nSPS) is 12.2. The molecule has 4 N–H and O–H groups in total. The van der Waals surface area contributed by atoms with Crippen LogP contribution < -0.4 is 11.1 Å². The smallest absolute Gasteiger partial charge is 0.307 e. The maximum atomic E-state index is 11.8. The third-order valence-corrected chi connectivity index (χ3v) is 2.64. The average Bonchev–Trinajstić information content (AvgIpc) is 2.30. The molecule has 0 aliphatic heterocycles. The molecule has 5 nitrogen and oxygen atoms in total. The van der Waals surface area contributed by atoms with Crippen LogP contribution >= 0.6 is 0 Å². The number of aliphatic carboxylic acids is 1. The van der Waals surface area contributed by atoms with Crippen molar-refractivity contribution in [2.75, 3.05) is 5.32 Å². The molecule has 0 aliphatic carbocycles. The number of nitrogens with two attached hydrogens (primary N) is 1. The summed E-state index contributed by atoms with van der Waals surface area (Å²) in [6.45, 7) is 4.02. The Hall–Kier alpha value is -1.88. The summed E-state index contributed by atoms with van der Waals surface area (Å²) in [6.07, 6.45) is 0.601. The highest BCUT2D eigenvalue weighted by molar-refractivity contribution is 5.94. The van der Waals surface area contributed by atoms with Gasteiger partial charge in [-0.2, -0.15) is 0 Å². The fraction of sp³-hybridized carbons (Fsp3) is 0.429. The Balaban J connectivity index is 2.57. The number of anilines is 1. The first-order valence-corrected chi connectivity index (χ1v) is 6.25. The summed E-state index contributed by atoms with van der Waals surface area (Å²) in [5, 5.41) is 11.4. The van der Waals surface area contributed by atoms with Gasteiger partial charge in [0.25, 0.3) is 0 Å². The Labute approximate surface area is 112 Å². The first kappa shape index (κ1) is 15.2. The van der Waals surface area contributed by atoms with Crippen LogP contribution in [-0.4, -0.2) is 23.0 Å². The Morgan fingerprint density at radius 2 is 1.84 bits per heavy atom. The van der Waals surface area contributed by atoms with Gasteiger partial charge in [0.1, 0.15) is 0 Å². The van der Waals surface area contributed by atoms with Crippen LogP contribution in [0.25, 0.3) is 0 Å². The van der Waals surface area contributed by atoms with Gasteiger partial charge in [-0.15, -0.1) is 0 Å². The van der Waals surface area contributed by atoms with Gasteiger partial charge in [-0.1, -0.05) is 26.0 Å². The molecular weight excluding hydrogens is 244 g/mol. The molecular formula is C14H20N2O3. The van der Waals surface area contributed by atoms with Crippen LogP contribution in [-0.2, 0) is 16.0 Å². The summed E-state index contributed by atoms with van der Waals surface area (Å²) in [5.41, 5.74) is 7.09. The van der Waals surface area contributed by atoms with Crippen molar-refractivity contribution in [1.29, 1.82) is 0 Å². The SMILES string of the molecule is CC(C)C[C@H](N)C(=O)Nc1ccc(CC(=O)O)cc1. The number of carbonyl (C=O) groups excluding carboxylic acids is 1. The van der Waals surface area contributed by atoms with Crippen LogP contribution in [0.3, 0.4) is 0 Å². The Morgan fingerprint density at radius 3 is 2.32 bits per heavy atom. The summed E-state index contributed by atoms with van der Waals surface area (Å²) >= 11 is 0. The van der Waals surface area contributed by atoms with Crippen LogP contribution in [0.15, 0.2) is 24.3 Å². The second kappa shape index (κ2) is 6.89. The van der Waals surface area contributed by atoms with Crippen LogP contribution in [0.1, 0.15) is 25.8 Å². The largest absolute Gasteiger partial charge is 0.481 e. The predicted molar refractivity (Wildman–Crippen MR) is 73.8 cm³/mol. The maximum Gasteiger partial charge on any atom is 0.307 e. The van der Waals surface area contributed by atoms with Gasteiger partial charge >= 0.3 is 5.97 Å². The monoisotopic (exact) mass is 264 g/mol. The topological polar surface area (TPSA) is 92.4 Å². The molecule has 0 heterocycles. The molecule has 0 saturated heterocycles. The van der Waals surface area contributed by atoms with Crippen molar-refractivity contribution in [3.8, 4) is 0 Å². The molecule has 1 amide bonds. The summed E-state index contributed by atoms with van der Waals surface area (Å²) in [4.78, 5) is 22.3. The number of carbonyl (C=O) groups is 2. The fourth-order valence-electron chi connectivity index (χ4n) is 1.73. The van der Waals surface area contributed by atoms with E-state index in [0.717, 1.165) is 0 Å². The van der Waals surface area contributed by atoms with Crippen molar-refractivity contribution >= 4 is 17.6 Å². The number of hydrogen-bond acceptors (Lipinski definition) is 3. The van der Waals surface area contributed by atoms with E-state index in [2.05, 4.69) is 5.32 Å². The average molecular weight is 264 g/mol. The first-order chi connectivity index (χ1) is 8.88. The van der Waals surface area contributed by atoms with E-state index in [1.807, 2.05) is 13.8 Å². The lowest BCUT2D eigenvalue weighted by Gasteiger charge is -2.14. The molecule has 0 aliphatic rings. The number of rotatable bonds is 6. The minimum atomic E-state index is -0.879. The Morgan fingerprint density at radius 1 is 1.26 bits per heavy atom. The standard InChI is InChI=1S/C14H20N2O3/c1-9(2)7-12(15)14(19)16-11-5-3-10(4-6-11)8-13(17)18/h3-6,9,12H,7-8,15H2,1-2H3,(H,16,19)(H,17,18)/t12-/m0/s1. The fourth-order valence-corrected chi connectivity index (χ4v) is 1.73. The van der Waals surface area contributed by atoms with E-state index in [9.17, 15) is 9.59 Å². The third kappa shape index (κ3) is 5.52. The minimum Gasteiger partial charge on any atom is -0.481 e. The van der Waals surface area contributed by atoms with Gasteiger partial charge in [0, 0.05) is 5.69 Å². The van der Waals surface area contributed by atoms with Crippen molar-refractivity contribution in [3.05, 3.63) is 29.8 Å². The van der Waals surface area contributed by atoms with Gasteiger partial charge in [0.05, 0.1) is 12.5 Å². The van der Waals surface area contributed by atoms with Gasteiger partial charge in [0.15, 0.2) is 0 Å². The molecule has 0 fully saturated rings. The van der Waals surface area contributed by atoms with Crippen LogP contribution in [0.2, 0.25) is 0 Å². The first-order valence-electron chi connectivity index (χ1n) is 6.25. The number of carboxylic acids is 1. The summed E-state index contributed by atoms with van der Waals surface area (Å²) in [7, 11) is 0. The molecule has 0 unspecified atom stereocenters. The highest BCUT2D eigenvalue weighted by Crippen LogP contribution is 2.11. The Kier molecular flexibility index (Phi) is 5.51. The van der Waals surface area contributed by atoms with Crippen LogP contribution in [0, 0.1) is 5.92 Å². The van der Waals surface area contributed by atoms with Gasteiger partial charge in [0.2, 0.25) is 5.91 Å². The molecule has 1 rings (SSSR count). The number of amides is 1. The lowest BCUT2D eigenvalue weighted by Crippen LogP contribution is -2.36. The third-order valence-electron chi connectivity index (χ3n) is 2.64. The quantitative estimate of drug-likeness (QED) is 0.728. The number of hydrogen-bond donors (Lipinski definition) is 3. The van der Waals surface area contributed by atoms with E-state index in [-0.39, 0.29) is 12.3 Å². The van der Waals surface area contributed by atoms with E-state index < -0.39 is 12.0 Å². The summed E-state index contributed by atoms with van der Waals surface area (Å²) in [6, 6.07) is 6.19. The molecule has 0 saturated carbocycles. The van der Waals surface area contributed by atoms with Crippen molar-refractivity contribution in [2.24, 2.45) is 11.7 Å². The lowest BCUT2D eigenvalue weighted by molar-refractivity contribution is -0.136. The van der Waals surface area contributed by atoms with Gasteiger partial charge in [-0.25, -0.2) is 0 Å². The molecule has 1 aromatic carbocycles. The zero-order chi connectivity index (χ0) is 14.4. The van der Waals surface area contributed by atoms with E-state index in [4.69, 9.17) is 10.8 Å². The number of benzene rings is 1. The molecule has 0 aromatic heterocycles. The highest BCUT2D eigenvalue weighted by Gasteiger charge is 2.14. The van der Waals surface area contributed by atoms with Crippen molar-refractivity contribution in [1.82, 2.24) is 0 Å². The minimum absolute atomic E-state index is 0.0267. The van der Waals surface area contributed by atoms with E-state index in [1.54, 1.807) is 24.3 Å². The van der Waals surface area contributed by atoms with Crippen LogP contribution in [0.5, 0.6) is 0 Å². The van der Waals surface area contributed by atoms with Crippen molar-refractivity contribution in [2.45, 2.75) is 32.7 Å². The molecule has 104 valence electrons. The molecule has 1 atom stereocenters. The zero-order valence-electron chi connectivity index (χ0n) is 11.2. The summed E-state index contributed by atoms with van der Waals surface area (Å²) < 4.78 is 0. The Bertz CT molecular complexity index is 441. The maximum absolute atomic E-state index is 11.8. The molecule has 0 radical (unpaired) electrons. The van der Waals surface area contributed by atoms with E-state index in [0.29, 0.717) is 23.6 Å². The van der Waals surface area contributed by atoms with Crippen molar-refractivity contribution in [3.63, 3.8) is 0 Å². The molecule has 0 bridgehead atoms. The highest BCUT2D eigenvalue weighted by atomic mass is 16.4. The van der Waals surface area contributed by atoms with Crippen molar-refractivity contribution < 1.29 is 14.7 Å². The van der Waals surface area contributed by atoms with E-state index >= 15 is 0 Å². The second-order valence-electron chi connectivity index (χ2n) is 4.99. The second-order valence-corrected chi connectivity index (χ2v) is 4.99. The molecule has 0 spiro atoms. The molecule has 19 heavy (non-hydrogen) atoms. The van der Waals surface area contributed by atoms with Crippen LogP contribution in [0.4, 0.5) is 5.69 Å². The zero-order valence-corrected chi connectivity index (χ0v) is 11.2. The lowest BCUT2D eigenvalue weighted by atomic mass is 10.0. The molecule has 5 heteroatoms. The summed E-state index contributed by atoms with van der Waals surface area (Å²) in [5.74, 6) is -0.742. The van der Waals surface area contributed by atoms with E-state index in [1.165, 1.54) is 0 Å². The molecule has 1 aromatic rings. The van der Waals surface area contributed by atoms with Gasteiger partial charge in [-0.05, 0) is 30.0 Å². The van der Waals surface area contributed by atoms with Gasteiger partial charge < -0.3 is 16.2 Å². The van der Waals surface area contributed by atoms with Gasteiger partial charge in [-0.3, -0.25) is 9.59 Å². The predicted octanol–water partition coefficient (Wildman–Crippen LogP) is 1.63.